The first kappa shape index (κ1) is 15.5. The van der Waals surface area contributed by atoms with Crippen LogP contribution in [0.5, 0.6) is 0 Å². The number of carbonyl (C=O) groups excluding carboxylic acids is 3. The minimum atomic E-state index is -1.19. The molecular formula is C19H16N2O4. The number of hydrogen-bond acceptors (Lipinski definition) is 4. The van der Waals surface area contributed by atoms with E-state index >= 15 is 0 Å². The highest BCUT2D eigenvalue weighted by Crippen LogP contribution is 2.38. The Balaban J connectivity index is 1.79. The number of aryl methyl sites for hydroxylation is 1. The molecule has 2 aliphatic heterocycles. The maximum absolute atomic E-state index is 12.8. The number of imide groups is 1. The van der Waals surface area contributed by atoms with Crippen molar-refractivity contribution in [2.24, 2.45) is 0 Å². The van der Waals surface area contributed by atoms with Gasteiger partial charge in [0.25, 0.3) is 17.7 Å². The molecule has 3 amide bonds. The summed E-state index contributed by atoms with van der Waals surface area (Å²) in [7, 11) is 1.40. The molecule has 126 valence electrons. The van der Waals surface area contributed by atoms with E-state index in [9.17, 15) is 19.5 Å². The van der Waals surface area contributed by atoms with Crippen LogP contribution >= 0.6 is 0 Å². The maximum Gasteiger partial charge on any atom is 0.261 e. The Bertz CT molecular complexity index is 933. The Morgan fingerprint density at radius 1 is 0.920 bits per heavy atom. The van der Waals surface area contributed by atoms with Crippen LogP contribution in [-0.2, 0) is 6.42 Å². The number of amides is 3. The molecule has 1 atom stereocenters. The van der Waals surface area contributed by atoms with Crippen molar-refractivity contribution in [1.82, 2.24) is 4.90 Å². The number of rotatable bonds is 2. The number of fused-ring (bicyclic) bond motifs is 2. The molecule has 2 aromatic carbocycles. The summed E-state index contributed by atoms with van der Waals surface area (Å²) in [5.41, 5.74) is 2.72. The summed E-state index contributed by atoms with van der Waals surface area (Å²) in [5, 5.41) is 10.6. The van der Waals surface area contributed by atoms with Gasteiger partial charge in [0.05, 0.1) is 11.1 Å². The van der Waals surface area contributed by atoms with E-state index in [0.717, 1.165) is 16.9 Å². The molecule has 2 aliphatic rings. The fourth-order valence-electron chi connectivity index (χ4n) is 3.35. The Hall–Kier alpha value is -2.99. The second-order valence-electron chi connectivity index (χ2n) is 6.22. The Labute approximate surface area is 144 Å². The molecule has 6 heteroatoms. The van der Waals surface area contributed by atoms with Crippen molar-refractivity contribution in [2.45, 2.75) is 19.6 Å². The number of benzene rings is 2. The van der Waals surface area contributed by atoms with E-state index in [1.54, 1.807) is 12.1 Å². The first-order valence-corrected chi connectivity index (χ1v) is 8.05. The predicted molar refractivity (Wildman–Crippen MR) is 90.5 cm³/mol. The molecule has 4 rings (SSSR count). The third-order valence-corrected chi connectivity index (χ3v) is 4.85. The number of aliphatic hydroxyl groups excluding tert-OH is 1. The van der Waals surface area contributed by atoms with Crippen molar-refractivity contribution in [1.29, 1.82) is 0 Å². The number of nitrogens with zero attached hydrogens (tertiary/aromatic N) is 2. The lowest BCUT2D eigenvalue weighted by molar-refractivity contribution is 0.0693. The van der Waals surface area contributed by atoms with E-state index < -0.39 is 18.0 Å². The topological polar surface area (TPSA) is 77.9 Å². The zero-order valence-electron chi connectivity index (χ0n) is 13.8. The first-order chi connectivity index (χ1) is 11.9. The molecule has 0 spiro atoms. The highest BCUT2D eigenvalue weighted by Gasteiger charge is 2.41. The minimum Gasteiger partial charge on any atom is -0.369 e. The normalized spacial score (nSPS) is 18.8. The standard InChI is InChI=1S/C19H16N2O4/c1-3-10-4-6-11(7-5-10)21-18(24)14-8-12-13(9-15(14)19(21)25)17(23)20(2)16(12)22/h4-9,18,24H,3H2,1-2H3. The summed E-state index contributed by atoms with van der Waals surface area (Å²) in [6, 6.07) is 10.2. The SMILES string of the molecule is CCc1ccc(N2C(=O)c3cc4c(cc3C2O)C(=O)N(C)C4=O)cc1. The van der Waals surface area contributed by atoms with Crippen molar-refractivity contribution in [3.63, 3.8) is 0 Å². The molecule has 25 heavy (non-hydrogen) atoms. The number of hydrogen-bond donors (Lipinski definition) is 1. The van der Waals surface area contributed by atoms with Gasteiger partial charge in [-0.1, -0.05) is 19.1 Å². The van der Waals surface area contributed by atoms with Gasteiger partial charge in [-0.15, -0.1) is 0 Å². The fourth-order valence-corrected chi connectivity index (χ4v) is 3.35. The molecule has 1 N–H and O–H groups in total. The van der Waals surface area contributed by atoms with E-state index in [1.807, 2.05) is 19.1 Å². The van der Waals surface area contributed by atoms with E-state index in [2.05, 4.69) is 0 Å². The van der Waals surface area contributed by atoms with Crippen molar-refractivity contribution in [3.05, 3.63) is 64.2 Å². The molecule has 0 saturated carbocycles. The quantitative estimate of drug-likeness (QED) is 0.852. The van der Waals surface area contributed by atoms with Crippen molar-refractivity contribution in [3.8, 4) is 0 Å². The van der Waals surface area contributed by atoms with Gasteiger partial charge in [-0.05, 0) is 36.2 Å². The van der Waals surface area contributed by atoms with Crippen molar-refractivity contribution >= 4 is 23.4 Å². The van der Waals surface area contributed by atoms with Gasteiger partial charge in [0, 0.05) is 23.9 Å². The van der Waals surface area contributed by atoms with Gasteiger partial charge in [0.15, 0.2) is 6.23 Å². The van der Waals surface area contributed by atoms with Crippen molar-refractivity contribution in [2.75, 3.05) is 11.9 Å². The lowest BCUT2D eigenvalue weighted by Gasteiger charge is -2.21. The molecule has 0 aromatic heterocycles. The number of aliphatic hydroxyl groups is 1. The van der Waals surface area contributed by atoms with Crippen LogP contribution < -0.4 is 4.90 Å². The second kappa shape index (κ2) is 5.26. The van der Waals surface area contributed by atoms with Crippen LogP contribution in [0.2, 0.25) is 0 Å². The lowest BCUT2D eigenvalue weighted by atomic mass is 10.0. The molecule has 1 unspecified atom stereocenters. The molecule has 0 fully saturated rings. The number of carbonyl (C=O) groups is 3. The average Bonchev–Trinajstić information content (AvgIpc) is 3.00. The van der Waals surface area contributed by atoms with Crippen LogP contribution in [0.15, 0.2) is 36.4 Å². The summed E-state index contributed by atoms with van der Waals surface area (Å²) >= 11 is 0. The van der Waals surface area contributed by atoms with Crippen LogP contribution in [0, 0.1) is 0 Å². The molecule has 0 radical (unpaired) electrons. The van der Waals surface area contributed by atoms with E-state index in [4.69, 9.17) is 0 Å². The molecule has 6 nitrogen and oxygen atoms in total. The van der Waals surface area contributed by atoms with Gasteiger partial charge < -0.3 is 5.11 Å². The summed E-state index contributed by atoms with van der Waals surface area (Å²) in [6.45, 7) is 2.04. The van der Waals surface area contributed by atoms with Crippen LogP contribution in [0.4, 0.5) is 5.69 Å². The van der Waals surface area contributed by atoms with Gasteiger partial charge in [0.2, 0.25) is 0 Å². The monoisotopic (exact) mass is 336 g/mol. The highest BCUT2D eigenvalue weighted by molar-refractivity contribution is 6.23. The van der Waals surface area contributed by atoms with E-state index in [1.165, 1.54) is 24.1 Å². The summed E-state index contributed by atoms with van der Waals surface area (Å²) in [4.78, 5) is 39.4. The third kappa shape index (κ3) is 2.04. The Morgan fingerprint density at radius 3 is 2.12 bits per heavy atom. The van der Waals surface area contributed by atoms with Gasteiger partial charge in [-0.3, -0.25) is 24.2 Å². The minimum absolute atomic E-state index is 0.204. The van der Waals surface area contributed by atoms with E-state index in [0.29, 0.717) is 11.3 Å². The first-order valence-electron chi connectivity index (χ1n) is 8.05. The zero-order valence-corrected chi connectivity index (χ0v) is 13.8. The molecule has 0 aliphatic carbocycles. The third-order valence-electron chi connectivity index (χ3n) is 4.85. The molecular weight excluding hydrogens is 320 g/mol. The molecule has 0 saturated heterocycles. The largest absolute Gasteiger partial charge is 0.369 e. The fraction of sp³-hybridized carbons (Fsp3) is 0.211. The second-order valence-corrected chi connectivity index (χ2v) is 6.22. The van der Waals surface area contributed by atoms with Crippen LogP contribution in [0.25, 0.3) is 0 Å². The number of anilines is 1. The zero-order chi connectivity index (χ0) is 17.9. The Kier molecular flexibility index (Phi) is 3.27. The molecule has 2 aromatic rings. The van der Waals surface area contributed by atoms with Crippen molar-refractivity contribution < 1.29 is 19.5 Å². The highest BCUT2D eigenvalue weighted by atomic mass is 16.3. The molecule has 0 bridgehead atoms. The van der Waals surface area contributed by atoms with Crippen LogP contribution in [0.1, 0.15) is 55.4 Å². The Morgan fingerprint density at radius 2 is 1.52 bits per heavy atom. The van der Waals surface area contributed by atoms with Gasteiger partial charge >= 0.3 is 0 Å². The lowest BCUT2D eigenvalue weighted by Crippen LogP contribution is -2.27. The van der Waals surface area contributed by atoms with Gasteiger partial charge in [-0.25, -0.2) is 0 Å². The van der Waals surface area contributed by atoms with Gasteiger partial charge in [0.1, 0.15) is 0 Å². The maximum atomic E-state index is 12.8. The molecule has 2 heterocycles. The summed E-state index contributed by atoms with van der Waals surface area (Å²) in [5.74, 6) is -1.24. The van der Waals surface area contributed by atoms with Crippen LogP contribution in [-0.4, -0.2) is 34.8 Å². The summed E-state index contributed by atoms with van der Waals surface area (Å²) < 4.78 is 0. The predicted octanol–water partition coefficient (Wildman–Crippen LogP) is 2.13. The van der Waals surface area contributed by atoms with Crippen LogP contribution in [0.3, 0.4) is 0 Å². The average molecular weight is 336 g/mol. The smallest absolute Gasteiger partial charge is 0.261 e. The summed E-state index contributed by atoms with van der Waals surface area (Å²) in [6.07, 6.45) is -0.310. The van der Waals surface area contributed by atoms with Gasteiger partial charge in [-0.2, -0.15) is 0 Å². The van der Waals surface area contributed by atoms with E-state index in [-0.39, 0.29) is 22.6 Å².